The van der Waals surface area contributed by atoms with Crippen LogP contribution in [-0.2, 0) is 15.4 Å². The number of aliphatic hydroxyl groups is 1. The van der Waals surface area contributed by atoms with Gasteiger partial charge in [-0.15, -0.1) is 0 Å². The Morgan fingerprint density at radius 2 is 1.56 bits per heavy atom. The van der Waals surface area contributed by atoms with Gasteiger partial charge in [0.1, 0.15) is 6.23 Å². The molecule has 0 radical (unpaired) electrons. The van der Waals surface area contributed by atoms with Gasteiger partial charge < -0.3 is 5.11 Å². The van der Waals surface area contributed by atoms with E-state index < -0.39 is 16.3 Å². The molecule has 1 saturated heterocycles. The van der Waals surface area contributed by atoms with Gasteiger partial charge in [-0.1, -0.05) is 69.7 Å². The molecule has 0 aromatic heterocycles. The highest BCUT2D eigenvalue weighted by molar-refractivity contribution is 7.89. The molecule has 27 heavy (non-hydrogen) atoms. The van der Waals surface area contributed by atoms with E-state index in [0.717, 1.165) is 11.1 Å². The maximum Gasteiger partial charge on any atom is 0.245 e. The Balaban J connectivity index is 2.00. The summed E-state index contributed by atoms with van der Waals surface area (Å²) in [5, 5.41) is 10.7. The van der Waals surface area contributed by atoms with E-state index in [1.165, 1.54) is 9.87 Å². The van der Waals surface area contributed by atoms with Crippen molar-refractivity contribution in [3.63, 3.8) is 0 Å². The van der Waals surface area contributed by atoms with E-state index in [9.17, 15) is 13.5 Å². The molecule has 4 nitrogen and oxygen atoms in total. The van der Waals surface area contributed by atoms with Crippen LogP contribution in [0.25, 0.3) is 0 Å². The fraction of sp³-hybridized carbons (Fsp3) is 0.455. The summed E-state index contributed by atoms with van der Waals surface area (Å²) in [5.74, 6) is -0.127. The van der Waals surface area contributed by atoms with E-state index in [0.29, 0.717) is 6.42 Å². The number of hydrogen-bond acceptors (Lipinski definition) is 3. The largest absolute Gasteiger partial charge is 0.377 e. The second-order valence-corrected chi connectivity index (χ2v) is 10.5. The lowest BCUT2D eigenvalue weighted by Gasteiger charge is -2.28. The first-order valence-corrected chi connectivity index (χ1v) is 10.8. The van der Waals surface area contributed by atoms with Crippen LogP contribution in [0.15, 0.2) is 53.4 Å². The summed E-state index contributed by atoms with van der Waals surface area (Å²) in [7, 11) is -3.79. The van der Waals surface area contributed by atoms with Gasteiger partial charge in [0.05, 0.1) is 10.9 Å². The van der Waals surface area contributed by atoms with Crippen molar-refractivity contribution in [2.75, 3.05) is 0 Å². The van der Waals surface area contributed by atoms with Crippen molar-refractivity contribution in [3.8, 4) is 0 Å². The summed E-state index contributed by atoms with van der Waals surface area (Å²) in [4.78, 5) is 0.220. The van der Waals surface area contributed by atoms with Crippen molar-refractivity contribution < 1.29 is 13.5 Å². The lowest BCUT2D eigenvalue weighted by molar-refractivity contribution is 0.0524. The highest BCUT2D eigenvalue weighted by Crippen LogP contribution is 2.42. The first kappa shape index (κ1) is 20.1. The summed E-state index contributed by atoms with van der Waals surface area (Å²) < 4.78 is 27.8. The van der Waals surface area contributed by atoms with Gasteiger partial charge in [0.15, 0.2) is 0 Å². The Hall–Kier alpha value is -1.69. The molecular formula is C22H29NO3S. The van der Waals surface area contributed by atoms with Crippen molar-refractivity contribution >= 4 is 10.0 Å². The maximum absolute atomic E-state index is 13.3. The van der Waals surface area contributed by atoms with Crippen molar-refractivity contribution in [1.82, 2.24) is 4.31 Å². The Bertz CT molecular complexity index is 896. The highest BCUT2D eigenvalue weighted by atomic mass is 32.2. The number of aliphatic hydroxyl groups excluding tert-OH is 1. The molecule has 1 aliphatic rings. The van der Waals surface area contributed by atoms with E-state index in [-0.39, 0.29) is 22.3 Å². The number of rotatable bonds is 3. The fourth-order valence-corrected chi connectivity index (χ4v) is 5.40. The van der Waals surface area contributed by atoms with Crippen LogP contribution in [0.3, 0.4) is 0 Å². The maximum atomic E-state index is 13.3. The average Bonchev–Trinajstić information content (AvgIpc) is 2.90. The van der Waals surface area contributed by atoms with Crippen LogP contribution < -0.4 is 0 Å². The van der Waals surface area contributed by atoms with Gasteiger partial charge in [-0.3, -0.25) is 0 Å². The number of sulfonamides is 1. The molecule has 3 rings (SSSR count). The van der Waals surface area contributed by atoms with E-state index in [4.69, 9.17) is 0 Å². The van der Waals surface area contributed by atoms with E-state index >= 15 is 0 Å². The second-order valence-electron chi connectivity index (χ2n) is 8.66. The first-order valence-electron chi connectivity index (χ1n) is 9.40. The number of nitrogens with zero attached hydrogens (tertiary/aromatic N) is 1. The minimum Gasteiger partial charge on any atom is -0.377 e. The third-order valence-electron chi connectivity index (χ3n) is 5.43. The van der Waals surface area contributed by atoms with Crippen LogP contribution in [0.5, 0.6) is 0 Å². The molecule has 5 heteroatoms. The third kappa shape index (κ3) is 3.82. The van der Waals surface area contributed by atoms with Crippen LogP contribution >= 0.6 is 0 Å². The minimum absolute atomic E-state index is 0.0364. The molecule has 2 aromatic carbocycles. The Morgan fingerprint density at radius 3 is 2.07 bits per heavy atom. The molecule has 2 aromatic rings. The predicted octanol–water partition coefficient (Wildman–Crippen LogP) is 4.38. The molecule has 0 unspecified atom stereocenters. The summed E-state index contributed by atoms with van der Waals surface area (Å²) in [5.41, 5.74) is 3.15. The van der Waals surface area contributed by atoms with Gasteiger partial charge in [0.25, 0.3) is 0 Å². The fourth-order valence-electron chi connectivity index (χ4n) is 3.64. The predicted molar refractivity (Wildman–Crippen MR) is 108 cm³/mol. The topological polar surface area (TPSA) is 57.6 Å². The van der Waals surface area contributed by atoms with Crippen molar-refractivity contribution in [3.05, 3.63) is 65.2 Å². The zero-order chi connectivity index (χ0) is 20.0. The average molecular weight is 388 g/mol. The van der Waals surface area contributed by atoms with Crippen LogP contribution in [0.4, 0.5) is 0 Å². The van der Waals surface area contributed by atoms with E-state index in [2.05, 4.69) is 32.9 Å². The Kier molecular flexibility index (Phi) is 5.23. The molecule has 1 N–H and O–H groups in total. The van der Waals surface area contributed by atoms with Crippen LogP contribution in [-0.4, -0.2) is 24.1 Å². The smallest absolute Gasteiger partial charge is 0.245 e. The Labute approximate surface area is 162 Å². The quantitative estimate of drug-likeness (QED) is 0.850. The zero-order valence-corrected chi connectivity index (χ0v) is 17.5. The standard InChI is InChI=1S/C22H29NO3S/c1-15-6-12-19(13-7-15)27(25,26)23-20(14-16(2)21(23)24)17-8-10-18(11-9-17)22(3,4)5/h6-13,16,20-21,24H,14H2,1-5H3/t16-,20+,21+/m1/s1. The third-order valence-corrected chi connectivity index (χ3v) is 7.32. The zero-order valence-electron chi connectivity index (χ0n) is 16.7. The lowest BCUT2D eigenvalue weighted by Crippen LogP contribution is -2.38. The molecule has 0 bridgehead atoms. The molecule has 0 saturated carbocycles. The minimum atomic E-state index is -3.79. The molecule has 3 atom stereocenters. The van der Waals surface area contributed by atoms with Gasteiger partial charge in [0.2, 0.25) is 10.0 Å². The van der Waals surface area contributed by atoms with Gasteiger partial charge in [-0.25, -0.2) is 8.42 Å². The molecule has 1 heterocycles. The van der Waals surface area contributed by atoms with Crippen LogP contribution in [0.2, 0.25) is 0 Å². The van der Waals surface area contributed by atoms with Gasteiger partial charge >= 0.3 is 0 Å². The first-order chi connectivity index (χ1) is 12.5. The normalized spacial score (nSPS) is 24.3. The summed E-state index contributed by atoms with van der Waals surface area (Å²) in [6.45, 7) is 10.3. The summed E-state index contributed by atoms with van der Waals surface area (Å²) >= 11 is 0. The monoisotopic (exact) mass is 387 g/mol. The number of aryl methyl sites for hydroxylation is 1. The van der Waals surface area contributed by atoms with Crippen LogP contribution in [0, 0.1) is 12.8 Å². The molecule has 146 valence electrons. The van der Waals surface area contributed by atoms with Crippen LogP contribution in [0.1, 0.15) is 56.8 Å². The summed E-state index contributed by atoms with van der Waals surface area (Å²) in [6.07, 6.45) is -0.426. The number of hydrogen-bond donors (Lipinski definition) is 1. The van der Waals surface area contributed by atoms with Gasteiger partial charge in [0, 0.05) is 0 Å². The number of benzene rings is 2. The second kappa shape index (κ2) is 7.04. The van der Waals surface area contributed by atoms with E-state index in [1.807, 2.05) is 26.0 Å². The SMILES string of the molecule is Cc1ccc(S(=O)(=O)N2[C@H](c3ccc(C(C)(C)C)cc3)C[C@@H](C)[C@@H]2O)cc1. The molecule has 1 fully saturated rings. The van der Waals surface area contributed by atoms with Crippen molar-refractivity contribution in [1.29, 1.82) is 0 Å². The highest BCUT2D eigenvalue weighted by Gasteiger charge is 2.46. The molecule has 0 aliphatic carbocycles. The Morgan fingerprint density at radius 1 is 1.00 bits per heavy atom. The van der Waals surface area contributed by atoms with Gasteiger partial charge in [-0.05, 0) is 47.9 Å². The van der Waals surface area contributed by atoms with Crippen molar-refractivity contribution in [2.24, 2.45) is 5.92 Å². The molecular weight excluding hydrogens is 358 g/mol. The summed E-state index contributed by atoms with van der Waals surface area (Å²) in [6, 6.07) is 14.5. The lowest BCUT2D eigenvalue weighted by atomic mass is 9.86. The molecule has 0 amide bonds. The van der Waals surface area contributed by atoms with Crippen molar-refractivity contribution in [2.45, 2.75) is 63.6 Å². The molecule has 1 aliphatic heterocycles. The van der Waals surface area contributed by atoms with E-state index in [1.54, 1.807) is 24.3 Å². The van der Waals surface area contributed by atoms with Gasteiger partial charge in [-0.2, -0.15) is 4.31 Å². The molecule has 0 spiro atoms.